The predicted octanol–water partition coefficient (Wildman–Crippen LogP) is 12.7. The zero-order valence-corrected chi connectivity index (χ0v) is 26.9. The van der Waals surface area contributed by atoms with E-state index < -0.39 is 0 Å². The van der Waals surface area contributed by atoms with E-state index in [1.54, 1.807) is 0 Å². The Labute approximate surface area is 279 Å². The van der Waals surface area contributed by atoms with E-state index in [1.165, 1.54) is 105 Å². The number of aromatic nitrogens is 1. The van der Waals surface area contributed by atoms with Gasteiger partial charge in [0.15, 0.2) is 0 Å². The molecule has 0 atom stereocenters. The molecular formula is C47H31N. The summed E-state index contributed by atoms with van der Waals surface area (Å²) in [5, 5.41) is 7.81. The Morgan fingerprint density at radius 3 is 1.77 bits per heavy atom. The molecular weight excluding hydrogens is 579 g/mol. The fourth-order valence-corrected chi connectivity index (χ4v) is 9.18. The van der Waals surface area contributed by atoms with Gasteiger partial charge in [-0.15, -0.1) is 0 Å². The van der Waals surface area contributed by atoms with Gasteiger partial charge in [0.1, 0.15) is 0 Å². The van der Waals surface area contributed by atoms with Gasteiger partial charge in [0.05, 0.1) is 16.7 Å². The van der Waals surface area contributed by atoms with Gasteiger partial charge in [0, 0.05) is 21.6 Å². The summed E-state index contributed by atoms with van der Waals surface area (Å²) in [5.74, 6) is 0. The van der Waals surface area contributed by atoms with Crippen molar-refractivity contribution in [2.24, 2.45) is 0 Å². The summed E-state index contributed by atoms with van der Waals surface area (Å²) in [5.41, 5.74) is 17.1. The van der Waals surface area contributed by atoms with Gasteiger partial charge in [-0.2, -0.15) is 0 Å². The number of nitrogens with zero attached hydrogens (tertiary/aromatic N) is 1. The van der Waals surface area contributed by atoms with Crippen LogP contribution in [-0.2, 0) is 5.41 Å². The molecule has 0 unspecified atom stereocenters. The zero-order chi connectivity index (χ0) is 31.7. The number of rotatable bonds is 2. The lowest BCUT2D eigenvalue weighted by molar-refractivity contribution is 0.661. The van der Waals surface area contributed by atoms with Crippen LogP contribution in [-0.4, -0.2) is 4.57 Å². The Kier molecular flexibility index (Phi) is 4.97. The minimum Gasteiger partial charge on any atom is -0.309 e. The van der Waals surface area contributed by atoms with Gasteiger partial charge in [-0.1, -0.05) is 141 Å². The molecule has 1 heteroatoms. The molecule has 0 aliphatic heterocycles. The summed E-state index contributed by atoms with van der Waals surface area (Å²) >= 11 is 0. The second kappa shape index (κ2) is 9.12. The Bertz CT molecular complexity index is 2830. The SMILES string of the molecule is CC1(C)c2ccccc2-c2cc3c(cc21)c1ccccc1n3-c1ccc(-c2ccc3c4c(cccc24)-c2ccccc2-3)c2ccccc12. The van der Waals surface area contributed by atoms with Crippen molar-refractivity contribution in [1.29, 1.82) is 0 Å². The molecule has 0 fully saturated rings. The van der Waals surface area contributed by atoms with Crippen molar-refractivity contribution in [2.45, 2.75) is 19.3 Å². The van der Waals surface area contributed by atoms with E-state index in [1.807, 2.05) is 0 Å². The molecule has 48 heavy (non-hydrogen) atoms. The molecule has 2 aliphatic rings. The standard InChI is InChI=1S/C47H31N/c1-47(2)41-20-9-7-15-33(41)39-27-45-40(26-42(39)47)35-17-8-10-21-43(35)48(45)44-25-24-31(28-12-5-6-16-34(28)44)32-22-23-38-30-14-4-3-13-29(30)36-18-11-19-37(32)46(36)38/h3-27H,1-2H3. The van der Waals surface area contributed by atoms with Gasteiger partial charge < -0.3 is 4.57 Å². The third-order valence-electron chi connectivity index (χ3n) is 11.4. The van der Waals surface area contributed by atoms with Crippen LogP contribution in [0.25, 0.3) is 93.5 Å². The Hall–Kier alpha value is -5.92. The molecule has 11 rings (SSSR count). The molecule has 0 N–H and O–H groups in total. The van der Waals surface area contributed by atoms with Gasteiger partial charge in [-0.3, -0.25) is 0 Å². The number of fused-ring (bicyclic) bond motifs is 10. The Morgan fingerprint density at radius 2 is 0.938 bits per heavy atom. The predicted molar refractivity (Wildman–Crippen MR) is 203 cm³/mol. The van der Waals surface area contributed by atoms with Crippen LogP contribution >= 0.6 is 0 Å². The molecule has 1 aromatic heterocycles. The van der Waals surface area contributed by atoms with Crippen molar-refractivity contribution < 1.29 is 0 Å². The first-order valence-electron chi connectivity index (χ1n) is 17.0. The third kappa shape index (κ3) is 3.21. The van der Waals surface area contributed by atoms with Crippen molar-refractivity contribution in [3.05, 3.63) is 163 Å². The highest BCUT2D eigenvalue weighted by molar-refractivity contribution is 6.20. The highest BCUT2D eigenvalue weighted by Crippen LogP contribution is 2.52. The molecule has 2 aliphatic carbocycles. The molecule has 0 spiro atoms. The van der Waals surface area contributed by atoms with Crippen molar-refractivity contribution in [3.63, 3.8) is 0 Å². The van der Waals surface area contributed by atoms with E-state index in [-0.39, 0.29) is 5.41 Å². The summed E-state index contributed by atoms with van der Waals surface area (Å²) in [6, 6.07) is 56.8. The number of para-hydroxylation sites is 1. The maximum atomic E-state index is 2.51. The summed E-state index contributed by atoms with van der Waals surface area (Å²) < 4.78 is 2.51. The minimum absolute atomic E-state index is 0.0430. The molecule has 224 valence electrons. The van der Waals surface area contributed by atoms with Gasteiger partial charge >= 0.3 is 0 Å². The maximum Gasteiger partial charge on any atom is 0.0547 e. The third-order valence-corrected chi connectivity index (χ3v) is 11.4. The van der Waals surface area contributed by atoms with Crippen LogP contribution in [0.15, 0.2) is 152 Å². The lowest BCUT2D eigenvalue weighted by Crippen LogP contribution is -2.14. The minimum atomic E-state index is -0.0430. The Balaban J connectivity index is 1.19. The molecule has 0 saturated carbocycles. The van der Waals surface area contributed by atoms with Crippen LogP contribution in [0, 0.1) is 0 Å². The highest BCUT2D eigenvalue weighted by atomic mass is 15.0. The van der Waals surface area contributed by atoms with E-state index in [4.69, 9.17) is 0 Å². The summed E-state index contributed by atoms with van der Waals surface area (Å²) in [7, 11) is 0. The van der Waals surface area contributed by atoms with E-state index in [2.05, 4.69) is 170 Å². The fraction of sp³-hybridized carbons (Fsp3) is 0.0638. The topological polar surface area (TPSA) is 4.93 Å². The average Bonchev–Trinajstić information content (AvgIpc) is 3.72. The second-order valence-electron chi connectivity index (χ2n) is 14.1. The molecule has 8 aromatic carbocycles. The Morgan fingerprint density at radius 1 is 0.354 bits per heavy atom. The van der Waals surface area contributed by atoms with E-state index in [0.717, 1.165) is 0 Å². The van der Waals surface area contributed by atoms with E-state index in [9.17, 15) is 0 Å². The molecule has 0 saturated heterocycles. The number of benzene rings is 8. The summed E-state index contributed by atoms with van der Waals surface area (Å²) in [6.07, 6.45) is 0. The molecule has 1 nitrogen and oxygen atoms in total. The van der Waals surface area contributed by atoms with E-state index in [0.29, 0.717) is 0 Å². The molecule has 0 amide bonds. The summed E-state index contributed by atoms with van der Waals surface area (Å²) in [6.45, 7) is 4.74. The number of hydrogen-bond acceptors (Lipinski definition) is 0. The monoisotopic (exact) mass is 609 g/mol. The summed E-state index contributed by atoms with van der Waals surface area (Å²) in [4.78, 5) is 0. The molecule has 0 bridgehead atoms. The maximum absolute atomic E-state index is 2.51. The lowest BCUT2D eigenvalue weighted by Gasteiger charge is -2.21. The van der Waals surface area contributed by atoms with Gasteiger partial charge in [0.25, 0.3) is 0 Å². The fourth-order valence-electron chi connectivity index (χ4n) is 9.18. The van der Waals surface area contributed by atoms with Crippen LogP contribution in [0.1, 0.15) is 25.0 Å². The van der Waals surface area contributed by atoms with Crippen molar-refractivity contribution in [3.8, 4) is 50.2 Å². The van der Waals surface area contributed by atoms with Gasteiger partial charge in [0.2, 0.25) is 0 Å². The largest absolute Gasteiger partial charge is 0.309 e. The first-order valence-corrected chi connectivity index (χ1v) is 17.0. The van der Waals surface area contributed by atoms with E-state index >= 15 is 0 Å². The van der Waals surface area contributed by atoms with Crippen LogP contribution in [0.5, 0.6) is 0 Å². The highest BCUT2D eigenvalue weighted by Gasteiger charge is 2.36. The first-order chi connectivity index (χ1) is 23.6. The first kappa shape index (κ1) is 26.2. The average molecular weight is 610 g/mol. The van der Waals surface area contributed by atoms with Crippen LogP contribution in [0.2, 0.25) is 0 Å². The normalized spacial score (nSPS) is 13.8. The van der Waals surface area contributed by atoms with Gasteiger partial charge in [-0.25, -0.2) is 0 Å². The smallest absolute Gasteiger partial charge is 0.0547 e. The van der Waals surface area contributed by atoms with Crippen molar-refractivity contribution >= 4 is 43.4 Å². The van der Waals surface area contributed by atoms with Crippen LogP contribution < -0.4 is 0 Å². The molecule has 9 aromatic rings. The lowest BCUT2D eigenvalue weighted by atomic mass is 9.82. The van der Waals surface area contributed by atoms with Gasteiger partial charge in [-0.05, 0) is 96.1 Å². The van der Waals surface area contributed by atoms with Crippen LogP contribution in [0.4, 0.5) is 0 Å². The van der Waals surface area contributed by atoms with Crippen LogP contribution in [0.3, 0.4) is 0 Å². The van der Waals surface area contributed by atoms with Crippen molar-refractivity contribution in [2.75, 3.05) is 0 Å². The number of hydrogen-bond donors (Lipinski definition) is 0. The second-order valence-corrected chi connectivity index (χ2v) is 14.1. The molecule has 0 radical (unpaired) electrons. The molecule has 1 heterocycles. The zero-order valence-electron chi connectivity index (χ0n) is 26.9. The quantitative estimate of drug-likeness (QED) is 0.184. The van der Waals surface area contributed by atoms with Crippen molar-refractivity contribution in [1.82, 2.24) is 4.57 Å².